The number of amides is 1. The Balaban J connectivity index is 1.63. The van der Waals surface area contributed by atoms with Crippen LogP contribution < -0.4 is 14.3 Å². The largest absolute Gasteiger partial charge is 0.506 e. The number of β-amino-alcohol motifs (C(OH)–C–C–N with tert-alkyl or cyclic N) is 1. The van der Waals surface area contributed by atoms with Crippen molar-refractivity contribution in [2.24, 2.45) is 0 Å². The van der Waals surface area contributed by atoms with Crippen molar-refractivity contribution in [3.63, 3.8) is 0 Å². The molecular weight excluding hydrogens is 370 g/mol. The minimum atomic E-state index is -3.38. The predicted octanol–water partition coefficient (Wildman–Crippen LogP) is 2.58. The molecule has 0 saturated carbocycles. The molecule has 27 heavy (non-hydrogen) atoms. The van der Waals surface area contributed by atoms with Crippen LogP contribution in [0.1, 0.15) is 17.5 Å². The van der Waals surface area contributed by atoms with Gasteiger partial charge in [-0.25, -0.2) is 0 Å². The van der Waals surface area contributed by atoms with Crippen LogP contribution in [-0.4, -0.2) is 38.0 Å². The summed E-state index contributed by atoms with van der Waals surface area (Å²) < 4.78 is 23.3. The SMILES string of the molecule is Cc1ccccc1NC(=O)CCc1ccc(N2CC(O)NS2(O)O)c(O)c1. The summed E-state index contributed by atoms with van der Waals surface area (Å²) in [5.41, 5.74) is 2.69. The summed E-state index contributed by atoms with van der Waals surface area (Å²) in [5, 5.41) is 22.7. The molecule has 8 nitrogen and oxygen atoms in total. The molecule has 1 fully saturated rings. The summed E-state index contributed by atoms with van der Waals surface area (Å²) in [6.45, 7) is 1.86. The molecule has 0 spiro atoms. The summed E-state index contributed by atoms with van der Waals surface area (Å²) in [6.07, 6.45) is -0.436. The molecule has 1 heterocycles. The van der Waals surface area contributed by atoms with Gasteiger partial charge in [0.1, 0.15) is 17.7 Å². The quantitative estimate of drug-likeness (QED) is 0.461. The zero-order valence-electron chi connectivity index (χ0n) is 14.8. The van der Waals surface area contributed by atoms with Crippen molar-refractivity contribution in [3.05, 3.63) is 53.6 Å². The van der Waals surface area contributed by atoms with Gasteiger partial charge in [-0.05, 0) is 42.7 Å². The van der Waals surface area contributed by atoms with Crippen LogP contribution in [0.4, 0.5) is 11.4 Å². The lowest BCUT2D eigenvalue weighted by Gasteiger charge is -2.36. The zero-order valence-corrected chi connectivity index (χ0v) is 15.6. The van der Waals surface area contributed by atoms with E-state index in [2.05, 4.69) is 10.0 Å². The van der Waals surface area contributed by atoms with Crippen molar-refractivity contribution in [3.8, 4) is 5.75 Å². The molecule has 1 unspecified atom stereocenters. The van der Waals surface area contributed by atoms with Crippen LogP contribution in [0.25, 0.3) is 0 Å². The summed E-state index contributed by atoms with van der Waals surface area (Å²) in [6, 6.07) is 12.2. The summed E-state index contributed by atoms with van der Waals surface area (Å²) >= 11 is 0. The normalized spacial score (nSPS) is 19.7. The summed E-state index contributed by atoms with van der Waals surface area (Å²) in [7, 11) is -3.38. The lowest BCUT2D eigenvalue weighted by Crippen LogP contribution is -2.25. The molecule has 0 bridgehead atoms. The smallest absolute Gasteiger partial charge is 0.224 e. The van der Waals surface area contributed by atoms with Crippen LogP contribution in [0.15, 0.2) is 42.5 Å². The maximum absolute atomic E-state index is 12.1. The van der Waals surface area contributed by atoms with E-state index in [-0.39, 0.29) is 30.3 Å². The highest BCUT2D eigenvalue weighted by atomic mass is 32.3. The molecule has 6 N–H and O–H groups in total. The van der Waals surface area contributed by atoms with Gasteiger partial charge in [0, 0.05) is 12.1 Å². The number of carbonyl (C=O) groups excluding carboxylic acids is 1. The van der Waals surface area contributed by atoms with Crippen LogP contribution in [0.2, 0.25) is 0 Å². The van der Waals surface area contributed by atoms with E-state index in [0.29, 0.717) is 6.42 Å². The second kappa shape index (κ2) is 7.75. The fourth-order valence-corrected chi connectivity index (χ4v) is 4.24. The van der Waals surface area contributed by atoms with Crippen molar-refractivity contribution in [2.75, 3.05) is 16.2 Å². The maximum atomic E-state index is 12.1. The molecule has 9 heteroatoms. The van der Waals surface area contributed by atoms with E-state index in [9.17, 15) is 24.1 Å². The van der Waals surface area contributed by atoms with E-state index in [4.69, 9.17) is 0 Å². The average Bonchev–Trinajstić information content (AvgIpc) is 2.87. The second-order valence-electron chi connectivity index (χ2n) is 6.40. The minimum absolute atomic E-state index is 0.0614. The van der Waals surface area contributed by atoms with E-state index in [1.807, 2.05) is 31.2 Å². The highest BCUT2D eigenvalue weighted by Crippen LogP contribution is 2.49. The van der Waals surface area contributed by atoms with Crippen LogP contribution >= 0.6 is 11.0 Å². The zero-order chi connectivity index (χ0) is 19.6. The number of aryl methyl sites for hydroxylation is 2. The fraction of sp³-hybridized carbons (Fsp3) is 0.278. The molecule has 0 radical (unpaired) electrons. The molecule has 2 aromatic rings. The molecule has 1 amide bonds. The van der Waals surface area contributed by atoms with Crippen molar-refractivity contribution in [2.45, 2.75) is 26.0 Å². The molecule has 1 aliphatic rings. The second-order valence-corrected chi connectivity index (χ2v) is 8.11. The first-order chi connectivity index (χ1) is 12.8. The molecule has 1 atom stereocenters. The van der Waals surface area contributed by atoms with Gasteiger partial charge in [0.05, 0.1) is 6.54 Å². The maximum Gasteiger partial charge on any atom is 0.224 e. The Labute approximate surface area is 159 Å². The Hall–Kier alpha value is -2.30. The fourth-order valence-electron chi connectivity index (χ4n) is 2.90. The topological polar surface area (TPSA) is 125 Å². The number of phenolic OH excluding ortho intramolecular Hbond substituents is 1. The molecule has 3 rings (SSSR count). The van der Waals surface area contributed by atoms with Crippen molar-refractivity contribution < 1.29 is 24.1 Å². The van der Waals surface area contributed by atoms with Crippen molar-refractivity contribution >= 4 is 28.2 Å². The molecule has 0 aromatic heterocycles. The lowest BCUT2D eigenvalue weighted by atomic mass is 10.1. The van der Waals surface area contributed by atoms with E-state index >= 15 is 0 Å². The number of anilines is 2. The van der Waals surface area contributed by atoms with Gasteiger partial charge in [-0.1, -0.05) is 35.2 Å². The number of rotatable bonds is 5. The monoisotopic (exact) mass is 393 g/mol. The van der Waals surface area contributed by atoms with Crippen LogP contribution in [0.5, 0.6) is 5.75 Å². The number of phenols is 1. The number of hydrogen-bond donors (Lipinski definition) is 6. The number of aliphatic hydroxyl groups excluding tert-OH is 1. The molecule has 2 aromatic carbocycles. The summed E-state index contributed by atoms with van der Waals surface area (Å²) in [5.74, 6) is -0.281. The highest BCUT2D eigenvalue weighted by molar-refractivity contribution is 8.24. The lowest BCUT2D eigenvalue weighted by molar-refractivity contribution is -0.116. The first-order valence-electron chi connectivity index (χ1n) is 8.45. The molecule has 146 valence electrons. The first-order valence-corrected chi connectivity index (χ1v) is 9.95. The number of para-hydroxylation sites is 1. The van der Waals surface area contributed by atoms with Crippen LogP contribution in [0.3, 0.4) is 0 Å². The van der Waals surface area contributed by atoms with Crippen LogP contribution in [0, 0.1) is 6.92 Å². The van der Waals surface area contributed by atoms with Gasteiger partial charge >= 0.3 is 0 Å². The number of hydrogen-bond acceptors (Lipinski definition) is 7. The van der Waals surface area contributed by atoms with Crippen molar-refractivity contribution in [1.29, 1.82) is 0 Å². The number of nitrogens with zero attached hydrogens (tertiary/aromatic N) is 1. The third kappa shape index (κ3) is 4.52. The standard InChI is InChI=1S/C18H23N3O5S/c1-12-4-2-3-5-14(12)19-17(23)9-7-13-6-8-15(16(22)10-13)21-11-18(24)20-27(21,25)26/h2-6,8,10,18,20,22,24-26H,7,9,11H2,1H3,(H,19,23). The number of carbonyl (C=O) groups is 1. The molecule has 1 saturated heterocycles. The van der Waals surface area contributed by atoms with Gasteiger partial charge in [0.2, 0.25) is 5.91 Å². The van der Waals surface area contributed by atoms with E-state index in [1.54, 1.807) is 6.07 Å². The molecular formula is C18H23N3O5S. The van der Waals surface area contributed by atoms with E-state index in [1.165, 1.54) is 12.1 Å². The Kier molecular flexibility index (Phi) is 5.59. The number of nitrogens with one attached hydrogen (secondary N) is 2. The number of benzene rings is 2. The molecule has 1 aliphatic heterocycles. The van der Waals surface area contributed by atoms with Crippen LogP contribution in [-0.2, 0) is 11.2 Å². The minimum Gasteiger partial charge on any atom is -0.506 e. The average molecular weight is 393 g/mol. The third-order valence-corrected chi connectivity index (χ3v) is 5.86. The van der Waals surface area contributed by atoms with Gasteiger partial charge in [0.15, 0.2) is 0 Å². The van der Waals surface area contributed by atoms with Gasteiger partial charge in [-0.3, -0.25) is 18.2 Å². The summed E-state index contributed by atoms with van der Waals surface area (Å²) in [4.78, 5) is 12.1. The highest BCUT2D eigenvalue weighted by Gasteiger charge is 2.36. The Morgan fingerprint density at radius 1 is 1.30 bits per heavy atom. The van der Waals surface area contributed by atoms with E-state index < -0.39 is 17.2 Å². The van der Waals surface area contributed by atoms with Gasteiger partial charge in [0.25, 0.3) is 0 Å². The Morgan fingerprint density at radius 3 is 2.67 bits per heavy atom. The molecule has 0 aliphatic carbocycles. The van der Waals surface area contributed by atoms with Crippen molar-refractivity contribution in [1.82, 2.24) is 4.72 Å². The predicted molar refractivity (Wildman–Crippen MR) is 106 cm³/mol. The Bertz CT molecular complexity index is 845. The van der Waals surface area contributed by atoms with Gasteiger partial charge in [-0.15, -0.1) is 0 Å². The Morgan fingerprint density at radius 2 is 2.04 bits per heavy atom. The number of aliphatic hydroxyl groups is 1. The third-order valence-electron chi connectivity index (χ3n) is 4.31. The van der Waals surface area contributed by atoms with E-state index in [0.717, 1.165) is 21.1 Å². The van der Waals surface area contributed by atoms with Gasteiger partial charge < -0.3 is 15.5 Å². The number of aromatic hydroxyl groups is 1. The van der Waals surface area contributed by atoms with Gasteiger partial charge in [-0.2, -0.15) is 4.72 Å². The first kappa shape index (κ1) is 19.5.